The minimum Gasteiger partial charge on any atom is -0.478 e. The molecular formula is C10H14N2O6S2. The highest BCUT2D eigenvalue weighted by Gasteiger charge is 2.21. The van der Waals surface area contributed by atoms with Gasteiger partial charge in [-0.15, -0.1) is 0 Å². The highest BCUT2D eigenvalue weighted by Crippen LogP contribution is 2.10. The van der Waals surface area contributed by atoms with E-state index in [1.54, 1.807) is 0 Å². The van der Waals surface area contributed by atoms with Crippen LogP contribution in [0.25, 0.3) is 0 Å². The van der Waals surface area contributed by atoms with Gasteiger partial charge in [0.1, 0.15) is 14.7 Å². The molecule has 10 heteroatoms. The van der Waals surface area contributed by atoms with Gasteiger partial charge in [0.25, 0.3) is 0 Å². The van der Waals surface area contributed by atoms with Gasteiger partial charge in [0.05, 0.1) is 11.3 Å². The van der Waals surface area contributed by atoms with Crippen molar-refractivity contribution in [2.24, 2.45) is 0 Å². The van der Waals surface area contributed by atoms with Gasteiger partial charge >= 0.3 is 5.97 Å². The van der Waals surface area contributed by atoms with E-state index in [2.05, 4.69) is 9.71 Å². The molecule has 1 atom stereocenters. The third-order valence-electron chi connectivity index (χ3n) is 2.18. The molecule has 2 N–H and O–H groups in total. The first-order valence-corrected chi connectivity index (χ1v) is 8.94. The van der Waals surface area contributed by atoms with Gasteiger partial charge in [-0.2, -0.15) is 0 Å². The Labute approximate surface area is 116 Å². The predicted molar refractivity (Wildman–Crippen MR) is 70.7 cm³/mol. The molecule has 0 radical (unpaired) electrons. The van der Waals surface area contributed by atoms with Crippen molar-refractivity contribution >= 4 is 25.8 Å². The Hall–Kier alpha value is -1.52. The van der Waals surface area contributed by atoms with E-state index in [1.807, 2.05) is 0 Å². The van der Waals surface area contributed by atoms with Crippen molar-refractivity contribution in [2.45, 2.75) is 17.9 Å². The van der Waals surface area contributed by atoms with Crippen LogP contribution in [0.4, 0.5) is 0 Å². The number of nitrogens with one attached hydrogen (secondary N) is 1. The van der Waals surface area contributed by atoms with Gasteiger partial charge < -0.3 is 5.11 Å². The van der Waals surface area contributed by atoms with Gasteiger partial charge in [-0.25, -0.2) is 26.4 Å². The zero-order chi connectivity index (χ0) is 15.6. The van der Waals surface area contributed by atoms with Crippen LogP contribution in [0.5, 0.6) is 0 Å². The van der Waals surface area contributed by atoms with E-state index in [0.717, 1.165) is 24.7 Å². The van der Waals surface area contributed by atoms with Crippen LogP contribution in [-0.4, -0.2) is 50.9 Å². The molecule has 1 heterocycles. The first-order valence-electron chi connectivity index (χ1n) is 5.39. The second-order valence-corrected chi connectivity index (χ2v) is 8.23. The lowest BCUT2D eigenvalue weighted by Crippen LogP contribution is -2.37. The SMILES string of the molecule is CC(CS(C)(=O)=O)NS(=O)(=O)c1cncc(C(=O)O)c1. The summed E-state index contributed by atoms with van der Waals surface area (Å²) in [5.74, 6) is -1.67. The molecule has 0 saturated heterocycles. The van der Waals surface area contributed by atoms with Crippen LogP contribution < -0.4 is 4.72 Å². The van der Waals surface area contributed by atoms with Crippen molar-refractivity contribution in [3.05, 3.63) is 24.0 Å². The topological polar surface area (TPSA) is 130 Å². The van der Waals surface area contributed by atoms with Gasteiger partial charge in [-0.1, -0.05) is 0 Å². The number of aromatic nitrogens is 1. The number of rotatable bonds is 6. The minimum absolute atomic E-state index is 0.274. The number of nitrogens with zero attached hydrogens (tertiary/aromatic N) is 1. The Morgan fingerprint density at radius 2 is 1.95 bits per heavy atom. The quantitative estimate of drug-likeness (QED) is 0.721. The van der Waals surface area contributed by atoms with Crippen molar-refractivity contribution in [3.8, 4) is 0 Å². The number of hydrogen-bond acceptors (Lipinski definition) is 6. The van der Waals surface area contributed by atoms with Gasteiger partial charge in [-0.3, -0.25) is 4.98 Å². The van der Waals surface area contributed by atoms with Gasteiger partial charge in [0.2, 0.25) is 10.0 Å². The normalized spacial score (nSPS) is 13.9. The van der Waals surface area contributed by atoms with Crippen LogP contribution in [0.15, 0.2) is 23.4 Å². The third kappa shape index (κ3) is 4.87. The molecule has 0 aliphatic heterocycles. The molecule has 0 aliphatic rings. The minimum atomic E-state index is -4.03. The molecule has 1 aromatic rings. The third-order valence-corrected chi connectivity index (χ3v) is 4.84. The number of carboxylic acids is 1. The number of sulfonamides is 1. The lowest BCUT2D eigenvalue weighted by molar-refractivity contribution is 0.0696. The Balaban J connectivity index is 3.00. The van der Waals surface area contributed by atoms with Gasteiger partial charge in [0, 0.05) is 24.7 Å². The molecule has 8 nitrogen and oxygen atoms in total. The first kappa shape index (κ1) is 16.5. The van der Waals surface area contributed by atoms with Crippen molar-refractivity contribution in [1.82, 2.24) is 9.71 Å². The molecule has 0 amide bonds. The molecule has 112 valence electrons. The summed E-state index contributed by atoms with van der Waals surface area (Å²) in [5, 5.41) is 8.78. The lowest BCUT2D eigenvalue weighted by atomic mass is 10.3. The molecule has 1 unspecified atom stereocenters. The van der Waals surface area contributed by atoms with E-state index >= 15 is 0 Å². The summed E-state index contributed by atoms with van der Waals surface area (Å²) in [4.78, 5) is 14.0. The van der Waals surface area contributed by atoms with Gasteiger partial charge in [0.15, 0.2) is 0 Å². The summed E-state index contributed by atoms with van der Waals surface area (Å²) >= 11 is 0. The summed E-state index contributed by atoms with van der Waals surface area (Å²) in [7, 11) is -7.36. The Morgan fingerprint density at radius 1 is 1.35 bits per heavy atom. The molecule has 0 spiro atoms. The van der Waals surface area contributed by atoms with E-state index in [4.69, 9.17) is 5.11 Å². The van der Waals surface area contributed by atoms with Crippen LogP contribution >= 0.6 is 0 Å². The maximum absolute atomic E-state index is 12.0. The largest absolute Gasteiger partial charge is 0.478 e. The van der Waals surface area contributed by atoms with Crippen molar-refractivity contribution < 1.29 is 26.7 Å². The van der Waals surface area contributed by atoms with Crippen LogP contribution in [0.1, 0.15) is 17.3 Å². The fourth-order valence-electron chi connectivity index (χ4n) is 1.50. The number of hydrogen-bond donors (Lipinski definition) is 2. The Kier molecular flexibility index (Phi) is 4.84. The smallest absolute Gasteiger partial charge is 0.337 e. The fraction of sp³-hybridized carbons (Fsp3) is 0.400. The van der Waals surface area contributed by atoms with Crippen LogP contribution in [0.3, 0.4) is 0 Å². The fourth-order valence-corrected chi connectivity index (χ4v) is 3.83. The molecule has 0 bridgehead atoms. The zero-order valence-corrected chi connectivity index (χ0v) is 12.4. The van der Waals surface area contributed by atoms with Crippen molar-refractivity contribution in [3.63, 3.8) is 0 Å². The molecule has 0 saturated carbocycles. The molecule has 1 rings (SSSR count). The number of carbonyl (C=O) groups is 1. The summed E-state index contributed by atoms with van der Waals surface area (Å²) in [6.07, 6.45) is 2.99. The molecular weight excluding hydrogens is 308 g/mol. The Bertz CT molecular complexity index is 711. The zero-order valence-electron chi connectivity index (χ0n) is 10.8. The van der Waals surface area contributed by atoms with Crippen LogP contribution in [-0.2, 0) is 19.9 Å². The molecule has 20 heavy (non-hydrogen) atoms. The molecule has 0 aromatic carbocycles. The Morgan fingerprint density at radius 3 is 2.45 bits per heavy atom. The van der Waals surface area contributed by atoms with Crippen molar-refractivity contribution in [2.75, 3.05) is 12.0 Å². The number of carboxylic acid groups (broad SMARTS) is 1. The summed E-state index contributed by atoms with van der Waals surface area (Å²) < 4.78 is 48.2. The standard InChI is InChI=1S/C10H14N2O6S2/c1-7(6-19(2,15)16)12-20(17,18)9-3-8(10(13)14)4-11-5-9/h3-5,7,12H,6H2,1-2H3,(H,13,14). The van der Waals surface area contributed by atoms with E-state index in [-0.39, 0.29) is 16.2 Å². The van der Waals surface area contributed by atoms with E-state index in [1.165, 1.54) is 6.92 Å². The average molecular weight is 322 g/mol. The molecule has 1 aromatic heterocycles. The monoisotopic (exact) mass is 322 g/mol. The second kappa shape index (κ2) is 5.85. The maximum atomic E-state index is 12.0. The van der Waals surface area contributed by atoms with Gasteiger partial charge in [-0.05, 0) is 13.0 Å². The number of aromatic carboxylic acids is 1. The number of sulfone groups is 1. The van der Waals surface area contributed by atoms with Crippen LogP contribution in [0, 0.1) is 0 Å². The lowest BCUT2D eigenvalue weighted by Gasteiger charge is -2.13. The second-order valence-electron chi connectivity index (χ2n) is 4.33. The van der Waals surface area contributed by atoms with Crippen LogP contribution in [0.2, 0.25) is 0 Å². The average Bonchev–Trinajstić information content (AvgIpc) is 2.25. The first-order chi connectivity index (χ1) is 9.01. The van der Waals surface area contributed by atoms with Crippen molar-refractivity contribution in [1.29, 1.82) is 0 Å². The highest BCUT2D eigenvalue weighted by molar-refractivity contribution is 7.91. The predicted octanol–water partition coefficient (Wildman–Crippen LogP) is -0.509. The summed E-state index contributed by atoms with van der Waals surface area (Å²) in [6, 6.07) is 0.105. The summed E-state index contributed by atoms with van der Waals surface area (Å²) in [5.41, 5.74) is -0.274. The van der Waals surface area contributed by atoms with E-state index in [0.29, 0.717) is 0 Å². The number of pyridine rings is 1. The highest BCUT2D eigenvalue weighted by atomic mass is 32.2. The molecule has 0 aliphatic carbocycles. The summed E-state index contributed by atoms with van der Waals surface area (Å²) in [6.45, 7) is 1.40. The molecule has 0 fully saturated rings. The maximum Gasteiger partial charge on any atom is 0.337 e. The van der Waals surface area contributed by atoms with E-state index in [9.17, 15) is 21.6 Å². The van der Waals surface area contributed by atoms with E-state index < -0.39 is 31.9 Å².